The van der Waals surface area contributed by atoms with E-state index in [0.29, 0.717) is 19.7 Å². The van der Waals surface area contributed by atoms with E-state index in [1.54, 1.807) is 0 Å². The molecule has 118 valence electrons. The smallest absolute Gasteiger partial charge is 0.124 e. The van der Waals surface area contributed by atoms with E-state index in [2.05, 4.69) is 35.6 Å². The van der Waals surface area contributed by atoms with Crippen LogP contribution in [-0.4, -0.2) is 18.3 Å². The maximum absolute atomic E-state index is 8.99. The summed E-state index contributed by atoms with van der Waals surface area (Å²) >= 11 is 0. The van der Waals surface area contributed by atoms with Crippen LogP contribution in [0.3, 0.4) is 0 Å². The number of hydrogen-bond donors (Lipinski definition) is 2. The van der Waals surface area contributed by atoms with Crippen LogP contribution < -0.4 is 10.1 Å². The summed E-state index contributed by atoms with van der Waals surface area (Å²) in [7, 11) is 0. The highest BCUT2D eigenvalue weighted by molar-refractivity contribution is 5.87. The van der Waals surface area contributed by atoms with Crippen LogP contribution in [0.15, 0.2) is 66.7 Å². The molecular weight excluding hydrogens is 286 g/mol. The van der Waals surface area contributed by atoms with E-state index in [1.165, 1.54) is 10.8 Å². The average molecular weight is 307 g/mol. The molecule has 0 saturated carbocycles. The molecular formula is C20H21NO2. The van der Waals surface area contributed by atoms with Crippen molar-refractivity contribution in [3.8, 4) is 5.75 Å². The Balaban J connectivity index is 1.86. The molecule has 2 N–H and O–H groups in total. The summed E-state index contributed by atoms with van der Waals surface area (Å²) in [6.45, 7) is 1.92. The highest BCUT2D eigenvalue weighted by Crippen LogP contribution is 2.28. The monoisotopic (exact) mass is 307 g/mol. The highest BCUT2D eigenvalue weighted by Gasteiger charge is 2.09. The molecule has 23 heavy (non-hydrogen) atoms. The zero-order valence-electron chi connectivity index (χ0n) is 13.0. The van der Waals surface area contributed by atoms with Crippen LogP contribution in [0, 0.1) is 0 Å². The largest absolute Gasteiger partial charge is 0.489 e. The minimum Gasteiger partial charge on any atom is -0.489 e. The molecule has 0 saturated heterocycles. The van der Waals surface area contributed by atoms with Gasteiger partial charge in [0.2, 0.25) is 0 Å². The normalized spacial score (nSPS) is 10.8. The Kier molecular flexibility index (Phi) is 5.25. The molecule has 3 nitrogen and oxygen atoms in total. The predicted molar refractivity (Wildman–Crippen MR) is 93.5 cm³/mol. The first-order valence-corrected chi connectivity index (χ1v) is 7.87. The van der Waals surface area contributed by atoms with E-state index in [-0.39, 0.29) is 6.61 Å². The molecule has 3 heteroatoms. The van der Waals surface area contributed by atoms with Crippen molar-refractivity contribution in [3.05, 3.63) is 77.9 Å². The number of fused-ring (bicyclic) bond motifs is 1. The molecule has 0 radical (unpaired) electrons. The standard InChI is InChI=1S/C20H21NO2/c22-13-12-21-14-19-18-9-5-4-8-17(18)10-11-20(19)23-15-16-6-2-1-3-7-16/h1-11,21-22H,12-15H2. The van der Waals surface area contributed by atoms with Crippen LogP contribution in [0.2, 0.25) is 0 Å². The number of hydrogen-bond acceptors (Lipinski definition) is 3. The minimum atomic E-state index is 0.130. The van der Waals surface area contributed by atoms with Crippen molar-refractivity contribution in [2.45, 2.75) is 13.2 Å². The summed E-state index contributed by atoms with van der Waals surface area (Å²) in [6.07, 6.45) is 0. The van der Waals surface area contributed by atoms with Gasteiger partial charge in [-0.2, -0.15) is 0 Å². The number of aliphatic hydroxyl groups is 1. The summed E-state index contributed by atoms with van der Waals surface area (Å²) in [5.41, 5.74) is 2.28. The fourth-order valence-corrected chi connectivity index (χ4v) is 2.66. The van der Waals surface area contributed by atoms with Crippen LogP contribution in [0.5, 0.6) is 5.75 Å². The molecule has 0 aromatic heterocycles. The Morgan fingerprint density at radius 1 is 0.870 bits per heavy atom. The van der Waals surface area contributed by atoms with Gasteiger partial charge in [-0.3, -0.25) is 0 Å². The summed E-state index contributed by atoms with van der Waals surface area (Å²) in [5.74, 6) is 0.887. The third kappa shape index (κ3) is 3.89. The van der Waals surface area contributed by atoms with Crippen molar-refractivity contribution in [1.29, 1.82) is 0 Å². The lowest BCUT2D eigenvalue weighted by atomic mass is 10.0. The summed E-state index contributed by atoms with van der Waals surface area (Å²) in [4.78, 5) is 0. The molecule has 0 aliphatic rings. The summed E-state index contributed by atoms with van der Waals surface area (Å²) < 4.78 is 6.06. The zero-order chi connectivity index (χ0) is 15.9. The molecule has 0 spiro atoms. The van der Waals surface area contributed by atoms with E-state index >= 15 is 0 Å². The van der Waals surface area contributed by atoms with Crippen molar-refractivity contribution >= 4 is 10.8 Å². The second kappa shape index (κ2) is 7.77. The highest BCUT2D eigenvalue weighted by atomic mass is 16.5. The van der Waals surface area contributed by atoms with Crippen LogP contribution in [0.1, 0.15) is 11.1 Å². The van der Waals surface area contributed by atoms with Crippen molar-refractivity contribution in [1.82, 2.24) is 5.32 Å². The van der Waals surface area contributed by atoms with Gasteiger partial charge in [0.1, 0.15) is 12.4 Å². The fourth-order valence-electron chi connectivity index (χ4n) is 2.66. The van der Waals surface area contributed by atoms with Crippen LogP contribution in [0.4, 0.5) is 0 Å². The van der Waals surface area contributed by atoms with Gasteiger partial charge in [0.25, 0.3) is 0 Å². The van der Waals surface area contributed by atoms with Crippen LogP contribution >= 0.6 is 0 Å². The van der Waals surface area contributed by atoms with Gasteiger partial charge < -0.3 is 15.2 Å². The maximum atomic E-state index is 8.99. The number of nitrogens with one attached hydrogen (secondary N) is 1. The first-order chi connectivity index (χ1) is 11.4. The van der Waals surface area contributed by atoms with Crippen molar-refractivity contribution in [3.63, 3.8) is 0 Å². The third-order valence-electron chi connectivity index (χ3n) is 3.83. The molecule has 0 fully saturated rings. The lowest BCUT2D eigenvalue weighted by molar-refractivity contribution is 0.288. The zero-order valence-corrected chi connectivity index (χ0v) is 13.0. The molecule has 3 aromatic rings. The molecule has 3 rings (SSSR count). The number of aliphatic hydroxyl groups excluding tert-OH is 1. The second-order valence-electron chi connectivity index (χ2n) is 5.44. The molecule has 0 aliphatic carbocycles. The minimum absolute atomic E-state index is 0.130. The molecule has 0 unspecified atom stereocenters. The van der Waals surface area contributed by atoms with Gasteiger partial charge >= 0.3 is 0 Å². The quantitative estimate of drug-likeness (QED) is 0.656. The molecule has 0 bridgehead atoms. The van der Waals surface area contributed by atoms with Gasteiger partial charge in [-0.1, -0.05) is 60.7 Å². The van der Waals surface area contributed by atoms with E-state index in [1.807, 2.05) is 36.4 Å². The van der Waals surface area contributed by atoms with Gasteiger partial charge in [0.15, 0.2) is 0 Å². The van der Waals surface area contributed by atoms with E-state index in [9.17, 15) is 0 Å². The van der Waals surface area contributed by atoms with Crippen molar-refractivity contribution in [2.75, 3.05) is 13.2 Å². The lowest BCUT2D eigenvalue weighted by Crippen LogP contribution is -2.18. The molecule has 0 heterocycles. The summed E-state index contributed by atoms with van der Waals surface area (Å²) in [6, 6.07) is 22.6. The van der Waals surface area contributed by atoms with Crippen molar-refractivity contribution in [2.24, 2.45) is 0 Å². The number of rotatable bonds is 7. The second-order valence-corrected chi connectivity index (χ2v) is 5.44. The van der Waals surface area contributed by atoms with Gasteiger partial charge in [-0.05, 0) is 22.4 Å². The Morgan fingerprint density at radius 3 is 2.48 bits per heavy atom. The van der Waals surface area contributed by atoms with Gasteiger partial charge in [-0.15, -0.1) is 0 Å². The van der Waals surface area contributed by atoms with Gasteiger partial charge in [0, 0.05) is 18.7 Å². The average Bonchev–Trinajstić information content (AvgIpc) is 2.62. The third-order valence-corrected chi connectivity index (χ3v) is 3.83. The number of ether oxygens (including phenoxy) is 1. The summed E-state index contributed by atoms with van der Waals surface area (Å²) in [5, 5.41) is 14.6. The maximum Gasteiger partial charge on any atom is 0.124 e. The Hall–Kier alpha value is -2.36. The predicted octanol–water partition coefficient (Wildman–Crippen LogP) is 3.50. The molecule has 0 amide bonds. The number of benzene rings is 3. The first-order valence-electron chi connectivity index (χ1n) is 7.87. The Bertz CT molecular complexity index is 756. The molecule has 0 atom stereocenters. The fraction of sp³-hybridized carbons (Fsp3) is 0.200. The SMILES string of the molecule is OCCNCc1c(OCc2ccccc2)ccc2ccccc12. The Labute approximate surface area is 136 Å². The molecule has 0 aliphatic heterocycles. The van der Waals surface area contributed by atoms with E-state index in [0.717, 1.165) is 16.9 Å². The van der Waals surface area contributed by atoms with Crippen LogP contribution in [0.25, 0.3) is 10.8 Å². The van der Waals surface area contributed by atoms with Gasteiger partial charge in [0.05, 0.1) is 6.61 Å². The Morgan fingerprint density at radius 2 is 1.65 bits per heavy atom. The van der Waals surface area contributed by atoms with E-state index in [4.69, 9.17) is 9.84 Å². The van der Waals surface area contributed by atoms with Gasteiger partial charge in [-0.25, -0.2) is 0 Å². The topological polar surface area (TPSA) is 41.5 Å². The van der Waals surface area contributed by atoms with E-state index < -0.39 is 0 Å². The molecule has 3 aromatic carbocycles. The first kappa shape index (κ1) is 15.5. The lowest BCUT2D eigenvalue weighted by Gasteiger charge is -2.15. The van der Waals surface area contributed by atoms with Crippen molar-refractivity contribution < 1.29 is 9.84 Å². The van der Waals surface area contributed by atoms with Crippen LogP contribution in [-0.2, 0) is 13.2 Å².